The molecule has 2 aliphatic rings. The zero-order valence-electron chi connectivity index (χ0n) is 23.6. The molecule has 0 amide bonds. The van der Waals surface area contributed by atoms with Crippen LogP contribution in [0, 0.1) is 3.57 Å². The predicted molar refractivity (Wildman–Crippen MR) is 169 cm³/mol. The molecule has 2 aliphatic heterocycles. The summed E-state index contributed by atoms with van der Waals surface area (Å²) >= 11 is 3.46. The van der Waals surface area contributed by atoms with Crippen LogP contribution in [0.25, 0.3) is 6.08 Å². The second kappa shape index (κ2) is 12.3. The average molecular weight is 711 g/mol. The normalized spacial score (nSPS) is 15.6. The summed E-state index contributed by atoms with van der Waals surface area (Å²) in [6.45, 7) is 4.20. The molecule has 6 rings (SSSR count). The molecule has 0 saturated heterocycles. The van der Waals surface area contributed by atoms with Gasteiger partial charge in [0.1, 0.15) is 6.61 Å². The lowest BCUT2D eigenvalue weighted by molar-refractivity contribution is -0.139. The molecule has 43 heavy (non-hydrogen) atoms. The van der Waals surface area contributed by atoms with Crippen molar-refractivity contribution in [3.63, 3.8) is 0 Å². The number of allylic oxidation sites excluding steroid dienone is 1. The highest BCUT2D eigenvalue weighted by atomic mass is 127. The zero-order valence-corrected chi connectivity index (χ0v) is 26.6. The lowest BCUT2D eigenvalue weighted by Crippen LogP contribution is -2.39. The van der Waals surface area contributed by atoms with E-state index in [2.05, 4.69) is 27.6 Å². The van der Waals surface area contributed by atoms with Gasteiger partial charge in [-0.25, -0.2) is 9.79 Å². The van der Waals surface area contributed by atoms with Crippen molar-refractivity contribution in [1.29, 1.82) is 0 Å². The highest BCUT2D eigenvalue weighted by molar-refractivity contribution is 14.1. The maximum Gasteiger partial charge on any atom is 0.338 e. The van der Waals surface area contributed by atoms with Crippen molar-refractivity contribution in [3.05, 3.63) is 112 Å². The van der Waals surface area contributed by atoms with Crippen molar-refractivity contribution in [2.24, 2.45) is 4.99 Å². The van der Waals surface area contributed by atoms with Gasteiger partial charge in [0.05, 0.1) is 39.1 Å². The number of ether oxygens (including phenoxy) is 5. The number of carbonyl (C=O) groups is 1. The summed E-state index contributed by atoms with van der Waals surface area (Å²) in [5, 5.41) is 0. The van der Waals surface area contributed by atoms with Crippen molar-refractivity contribution in [3.8, 4) is 23.0 Å². The molecular formula is C32H27IN2O7S. The van der Waals surface area contributed by atoms with Crippen LogP contribution in [-0.4, -0.2) is 31.0 Å². The molecule has 0 saturated carbocycles. The number of halogens is 1. The first-order valence-electron chi connectivity index (χ1n) is 13.5. The molecule has 3 heterocycles. The highest BCUT2D eigenvalue weighted by Crippen LogP contribution is 2.38. The van der Waals surface area contributed by atoms with Crippen LogP contribution < -0.4 is 33.8 Å². The molecule has 0 fully saturated rings. The van der Waals surface area contributed by atoms with Gasteiger partial charge in [-0.3, -0.25) is 9.36 Å². The number of nitrogens with zero attached hydrogens (tertiary/aromatic N) is 2. The number of benzene rings is 3. The Hall–Kier alpha value is -4.10. The lowest BCUT2D eigenvalue weighted by Gasteiger charge is -2.24. The molecule has 0 spiro atoms. The Kier molecular flexibility index (Phi) is 8.26. The van der Waals surface area contributed by atoms with E-state index in [0.717, 1.165) is 14.7 Å². The predicted octanol–water partition coefficient (Wildman–Crippen LogP) is 4.72. The SMILES string of the molecule is CCOC(=O)C1=C(C)N=c2s/c(=C/c3cc(I)c(OCc4ccccc4)c(OC)c3)c(=O)n2[C@H]1c1ccc2c(c1)OCO2. The standard InChI is InChI=1S/C32H27IN2O7S/c1-4-39-31(37)27-18(2)34-32-35(28(27)21-10-11-23-24(15-21)42-17-41-23)30(36)26(43-32)14-20-12-22(33)29(25(13-20)38-3)40-16-19-8-6-5-7-9-19/h5-15,28H,4,16-17H2,1-3H3/b26-14+/t28-/m0/s1. The van der Waals surface area contributed by atoms with E-state index in [4.69, 9.17) is 23.7 Å². The van der Waals surface area contributed by atoms with Gasteiger partial charge in [-0.05, 0) is 83.5 Å². The fourth-order valence-electron chi connectivity index (χ4n) is 5.03. The number of hydrogen-bond acceptors (Lipinski definition) is 9. The number of methoxy groups -OCH3 is 1. The second-order valence-electron chi connectivity index (χ2n) is 9.72. The van der Waals surface area contributed by atoms with Crippen molar-refractivity contribution < 1.29 is 28.5 Å². The molecule has 1 aromatic heterocycles. The Balaban J connectivity index is 1.43. The quantitative estimate of drug-likeness (QED) is 0.193. The first kappa shape index (κ1) is 29.0. The fraction of sp³-hybridized carbons (Fsp3) is 0.219. The molecule has 1 atom stereocenters. The molecule has 0 aliphatic carbocycles. The monoisotopic (exact) mass is 710 g/mol. The lowest BCUT2D eigenvalue weighted by atomic mass is 9.95. The van der Waals surface area contributed by atoms with Crippen molar-refractivity contribution in [1.82, 2.24) is 4.57 Å². The Bertz CT molecular complexity index is 1930. The van der Waals surface area contributed by atoms with Crippen LogP contribution in [0.2, 0.25) is 0 Å². The minimum atomic E-state index is -0.754. The summed E-state index contributed by atoms with van der Waals surface area (Å²) < 4.78 is 31.1. The van der Waals surface area contributed by atoms with E-state index >= 15 is 0 Å². The smallest absolute Gasteiger partial charge is 0.338 e. The van der Waals surface area contributed by atoms with Crippen molar-refractivity contribution >= 4 is 46.0 Å². The van der Waals surface area contributed by atoms with Gasteiger partial charge < -0.3 is 23.7 Å². The van der Waals surface area contributed by atoms with E-state index in [1.807, 2.05) is 48.5 Å². The summed E-state index contributed by atoms with van der Waals surface area (Å²) in [6.07, 6.45) is 1.80. The fourth-order valence-corrected chi connectivity index (χ4v) is 6.86. The molecule has 9 nitrogen and oxygen atoms in total. The maximum absolute atomic E-state index is 14.0. The molecule has 0 N–H and O–H groups in total. The van der Waals surface area contributed by atoms with Crippen LogP contribution in [0.3, 0.4) is 0 Å². The summed E-state index contributed by atoms with van der Waals surface area (Å²) in [6, 6.07) is 18.3. The van der Waals surface area contributed by atoms with Crippen LogP contribution in [0.1, 0.15) is 36.6 Å². The summed E-state index contributed by atoms with van der Waals surface area (Å²) in [5.41, 5.74) is 3.00. The first-order chi connectivity index (χ1) is 20.9. The number of esters is 1. The van der Waals surface area contributed by atoms with Crippen LogP contribution >= 0.6 is 33.9 Å². The average Bonchev–Trinajstić information content (AvgIpc) is 3.59. The van der Waals surface area contributed by atoms with Gasteiger partial charge in [0.25, 0.3) is 5.56 Å². The Labute approximate surface area is 264 Å². The van der Waals surface area contributed by atoms with E-state index in [-0.39, 0.29) is 19.0 Å². The molecule has 0 bridgehead atoms. The van der Waals surface area contributed by atoms with Gasteiger partial charge in [-0.2, -0.15) is 0 Å². The number of fused-ring (bicyclic) bond motifs is 2. The molecule has 0 unspecified atom stereocenters. The topological polar surface area (TPSA) is 97.6 Å². The Morgan fingerprint density at radius 3 is 2.70 bits per heavy atom. The summed E-state index contributed by atoms with van der Waals surface area (Å²) in [7, 11) is 1.59. The van der Waals surface area contributed by atoms with E-state index in [1.165, 1.54) is 11.3 Å². The third kappa shape index (κ3) is 5.66. The number of aromatic nitrogens is 1. The van der Waals surface area contributed by atoms with Gasteiger partial charge in [0.15, 0.2) is 27.8 Å². The van der Waals surface area contributed by atoms with Crippen molar-refractivity contribution in [2.75, 3.05) is 20.5 Å². The van der Waals surface area contributed by atoms with Crippen LogP contribution in [0.4, 0.5) is 0 Å². The molecule has 4 aromatic rings. The van der Waals surface area contributed by atoms with Crippen LogP contribution in [0.5, 0.6) is 23.0 Å². The van der Waals surface area contributed by atoms with Gasteiger partial charge in [0, 0.05) is 0 Å². The van der Waals surface area contributed by atoms with E-state index in [0.29, 0.717) is 55.8 Å². The molecule has 3 aromatic carbocycles. The summed E-state index contributed by atoms with van der Waals surface area (Å²) in [4.78, 5) is 32.4. The van der Waals surface area contributed by atoms with Crippen molar-refractivity contribution in [2.45, 2.75) is 26.5 Å². The number of carbonyl (C=O) groups excluding carboxylic acids is 1. The van der Waals surface area contributed by atoms with E-state index < -0.39 is 12.0 Å². The minimum Gasteiger partial charge on any atom is -0.493 e. The van der Waals surface area contributed by atoms with E-state index in [9.17, 15) is 9.59 Å². The Morgan fingerprint density at radius 1 is 1.14 bits per heavy atom. The maximum atomic E-state index is 14.0. The number of thiazole rings is 1. The summed E-state index contributed by atoms with van der Waals surface area (Å²) in [5.74, 6) is 1.82. The number of rotatable bonds is 8. The molecular weight excluding hydrogens is 683 g/mol. The minimum absolute atomic E-state index is 0.111. The third-order valence-corrected chi connectivity index (χ3v) is 8.79. The molecule has 220 valence electrons. The van der Waals surface area contributed by atoms with E-state index in [1.54, 1.807) is 43.7 Å². The third-order valence-electron chi connectivity index (χ3n) is 7.00. The van der Waals surface area contributed by atoms with Crippen LogP contribution in [-0.2, 0) is 16.1 Å². The molecule has 0 radical (unpaired) electrons. The Morgan fingerprint density at radius 2 is 1.93 bits per heavy atom. The van der Waals surface area contributed by atoms with Gasteiger partial charge >= 0.3 is 5.97 Å². The van der Waals surface area contributed by atoms with Gasteiger partial charge in [-0.1, -0.05) is 47.7 Å². The number of hydrogen-bond donors (Lipinski definition) is 0. The van der Waals surface area contributed by atoms with Crippen LogP contribution in [0.15, 0.2) is 81.7 Å². The second-order valence-corrected chi connectivity index (χ2v) is 11.9. The largest absolute Gasteiger partial charge is 0.493 e. The zero-order chi connectivity index (χ0) is 30.1. The molecule has 11 heteroatoms. The van der Waals surface area contributed by atoms with Gasteiger partial charge in [-0.15, -0.1) is 0 Å². The van der Waals surface area contributed by atoms with Gasteiger partial charge in [0.2, 0.25) is 6.79 Å². The highest BCUT2D eigenvalue weighted by Gasteiger charge is 2.34. The first-order valence-corrected chi connectivity index (χ1v) is 15.4.